The maximum Gasteiger partial charge on any atom is 0.329 e. The summed E-state index contributed by atoms with van der Waals surface area (Å²) in [6.45, 7) is -0.358. The highest BCUT2D eigenvalue weighted by Crippen LogP contribution is 2.20. The molecule has 1 amide bonds. The summed E-state index contributed by atoms with van der Waals surface area (Å²) in [6.07, 6.45) is 0. The average Bonchev–Trinajstić information content (AvgIpc) is 2.79. The van der Waals surface area contributed by atoms with Crippen LogP contribution in [-0.2, 0) is 24.9 Å². The minimum Gasteiger partial charge on any atom is -0.295 e. The lowest BCUT2D eigenvalue weighted by molar-refractivity contribution is -0.168. The highest BCUT2D eigenvalue weighted by Gasteiger charge is 2.17. The van der Waals surface area contributed by atoms with Crippen LogP contribution in [0.5, 0.6) is 0 Å². The Bertz CT molecular complexity index is 990. The topological polar surface area (TPSA) is 67.5 Å². The number of benzene rings is 2. The second-order valence-corrected chi connectivity index (χ2v) is 6.52. The number of nitrogens with zero attached hydrogens (tertiary/aromatic N) is 3. The molecular formula is C17H15Cl2N3O3. The van der Waals surface area contributed by atoms with E-state index in [2.05, 4.69) is 0 Å². The molecule has 1 aromatic heterocycles. The van der Waals surface area contributed by atoms with Crippen LogP contribution in [-0.4, -0.2) is 25.3 Å². The van der Waals surface area contributed by atoms with Crippen LogP contribution in [0.3, 0.4) is 0 Å². The van der Waals surface area contributed by atoms with Crippen LogP contribution in [0.2, 0.25) is 10.0 Å². The largest absolute Gasteiger partial charge is 0.329 e. The first-order valence-corrected chi connectivity index (χ1v) is 8.21. The van der Waals surface area contributed by atoms with Crippen molar-refractivity contribution in [2.45, 2.75) is 13.1 Å². The fourth-order valence-corrected chi connectivity index (χ4v) is 3.27. The minimum absolute atomic E-state index is 0.0847. The van der Waals surface area contributed by atoms with Gasteiger partial charge in [0.25, 0.3) is 5.91 Å². The van der Waals surface area contributed by atoms with Gasteiger partial charge in [0.2, 0.25) is 0 Å². The molecule has 8 heteroatoms. The van der Waals surface area contributed by atoms with Crippen LogP contribution in [0.1, 0.15) is 5.56 Å². The molecule has 25 heavy (non-hydrogen) atoms. The van der Waals surface area contributed by atoms with Gasteiger partial charge in [-0.25, -0.2) is 9.86 Å². The molecule has 0 radical (unpaired) electrons. The van der Waals surface area contributed by atoms with Gasteiger partial charge in [-0.2, -0.15) is 0 Å². The molecule has 0 aliphatic carbocycles. The number of amides is 1. The molecule has 1 heterocycles. The standard InChI is InChI=1S/C17H15Cl2N3O3/c1-20-14-4-2-3-5-15(14)21(17(20)24)10-16(23)22(25)9-11-6-12(18)8-13(19)7-11/h2-8,25H,9-10H2,1H3. The zero-order valence-electron chi connectivity index (χ0n) is 13.3. The molecule has 0 aliphatic rings. The monoisotopic (exact) mass is 379 g/mol. The molecule has 3 aromatic rings. The molecule has 2 aromatic carbocycles. The van der Waals surface area contributed by atoms with Crippen LogP contribution in [0, 0.1) is 0 Å². The van der Waals surface area contributed by atoms with Crippen LogP contribution in [0.15, 0.2) is 47.3 Å². The summed E-state index contributed by atoms with van der Waals surface area (Å²) in [7, 11) is 1.64. The molecule has 6 nitrogen and oxygen atoms in total. The highest BCUT2D eigenvalue weighted by atomic mass is 35.5. The lowest BCUT2D eigenvalue weighted by atomic mass is 10.2. The summed E-state index contributed by atoms with van der Waals surface area (Å²) >= 11 is 11.8. The van der Waals surface area contributed by atoms with Gasteiger partial charge in [0.15, 0.2) is 0 Å². The molecule has 130 valence electrons. The van der Waals surface area contributed by atoms with E-state index in [1.807, 2.05) is 6.07 Å². The van der Waals surface area contributed by atoms with E-state index in [-0.39, 0.29) is 18.8 Å². The third kappa shape index (κ3) is 3.56. The lowest BCUT2D eigenvalue weighted by Gasteiger charge is -2.16. The van der Waals surface area contributed by atoms with E-state index >= 15 is 0 Å². The first-order chi connectivity index (χ1) is 11.9. The van der Waals surface area contributed by atoms with Crippen molar-refractivity contribution >= 4 is 40.1 Å². The number of fused-ring (bicyclic) bond motifs is 1. The Morgan fingerprint density at radius 1 is 1.12 bits per heavy atom. The van der Waals surface area contributed by atoms with Gasteiger partial charge in [0.1, 0.15) is 6.54 Å². The highest BCUT2D eigenvalue weighted by molar-refractivity contribution is 6.34. The summed E-state index contributed by atoms with van der Waals surface area (Å²) in [6, 6.07) is 11.9. The van der Waals surface area contributed by atoms with Gasteiger partial charge in [0.05, 0.1) is 17.6 Å². The maximum atomic E-state index is 12.3. The van der Waals surface area contributed by atoms with Crippen LogP contribution >= 0.6 is 23.2 Å². The number of imidazole rings is 1. The third-order valence-electron chi connectivity index (χ3n) is 3.89. The Hall–Kier alpha value is -2.28. The molecule has 0 saturated heterocycles. The van der Waals surface area contributed by atoms with Crippen molar-refractivity contribution < 1.29 is 10.0 Å². The Kier molecular flexibility index (Phi) is 4.85. The minimum atomic E-state index is -0.616. The van der Waals surface area contributed by atoms with Gasteiger partial charge in [0, 0.05) is 17.1 Å². The number of hydroxylamine groups is 2. The summed E-state index contributed by atoms with van der Waals surface area (Å²) in [4.78, 5) is 24.7. The normalized spacial score (nSPS) is 11.0. The Labute approximate surface area is 153 Å². The van der Waals surface area contributed by atoms with Crippen molar-refractivity contribution in [3.05, 3.63) is 68.6 Å². The fraction of sp³-hybridized carbons (Fsp3) is 0.176. The summed E-state index contributed by atoms with van der Waals surface area (Å²) in [5, 5.41) is 11.4. The zero-order valence-corrected chi connectivity index (χ0v) is 14.8. The molecule has 0 unspecified atom stereocenters. The Morgan fingerprint density at radius 3 is 2.36 bits per heavy atom. The average molecular weight is 380 g/mol. The number of carbonyl (C=O) groups is 1. The van der Waals surface area contributed by atoms with Crippen LogP contribution in [0.4, 0.5) is 0 Å². The SMILES string of the molecule is Cn1c(=O)n(CC(=O)N(O)Cc2cc(Cl)cc(Cl)c2)c2ccccc21. The van der Waals surface area contributed by atoms with Gasteiger partial charge >= 0.3 is 5.69 Å². The number of aromatic nitrogens is 2. The molecule has 0 atom stereocenters. The maximum absolute atomic E-state index is 12.3. The molecule has 0 saturated carbocycles. The second kappa shape index (κ2) is 6.92. The molecule has 0 fully saturated rings. The summed E-state index contributed by atoms with van der Waals surface area (Å²) in [5.41, 5.74) is 1.60. The fourth-order valence-electron chi connectivity index (χ4n) is 2.70. The van der Waals surface area contributed by atoms with Crippen molar-refractivity contribution in [3.63, 3.8) is 0 Å². The summed E-state index contributed by atoms with van der Waals surface area (Å²) < 4.78 is 2.78. The first-order valence-electron chi connectivity index (χ1n) is 7.45. The summed E-state index contributed by atoms with van der Waals surface area (Å²) in [5.74, 6) is -0.616. The van der Waals surface area contributed by atoms with E-state index in [1.165, 1.54) is 9.13 Å². The number of halogens is 2. The first kappa shape index (κ1) is 17.5. The molecule has 1 N–H and O–H groups in total. The van der Waals surface area contributed by atoms with Crippen molar-refractivity contribution in [3.8, 4) is 0 Å². The Morgan fingerprint density at radius 2 is 1.72 bits per heavy atom. The number of aryl methyl sites for hydroxylation is 1. The van der Waals surface area contributed by atoms with E-state index in [0.717, 1.165) is 0 Å². The van der Waals surface area contributed by atoms with E-state index in [0.29, 0.717) is 31.7 Å². The van der Waals surface area contributed by atoms with Crippen LogP contribution in [0.25, 0.3) is 11.0 Å². The number of carbonyl (C=O) groups excluding carboxylic acids is 1. The van der Waals surface area contributed by atoms with E-state index < -0.39 is 5.91 Å². The number of para-hydroxylation sites is 2. The number of rotatable bonds is 4. The van der Waals surface area contributed by atoms with Crippen molar-refractivity contribution in [2.24, 2.45) is 7.05 Å². The predicted octanol–water partition coefficient (Wildman–Crippen LogP) is 3.06. The lowest BCUT2D eigenvalue weighted by Crippen LogP contribution is -2.34. The van der Waals surface area contributed by atoms with Crippen molar-refractivity contribution in [1.82, 2.24) is 14.2 Å². The molecule has 0 bridgehead atoms. The second-order valence-electron chi connectivity index (χ2n) is 5.65. The quantitative estimate of drug-likeness (QED) is 0.559. The zero-order chi connectivity index (χ0) is 18.1. The molecule has 0 spiro atoms. The van der Waals surface area contributed by atoms with E-state index in [1.54, 1.807) is 43.4 Å². The van der Waals surface area contributed by atoms with Gasteiger partial charge in [-0.15, -0.1) is 0 Å². The van der Waals surface area contributed by atoms with Crippen molar-refractivity contribution in [1.29, 1.82) is 0 Å². The van der Waals surface area contributed by atoms with Gasteiger partial charge in [-0.1, -0.05) is 35.3 Å². The van der Waals surface area contributed by atoms with E-state index in [4.69, 9.17) is 23.2 Å². The molecule has 3 rings (SSSR count). The Balaban J connectivity index is 1.83. The van der Waals surface area contributed by atoms with Crippen LogP contribution < -0.4 is 5.69 Å². The van der Waals surface area contributed by atoms with Gasteiger partial charge < -0.3 is 0 Å². The van der Waals surface area contributed by atoms with Gasteiger partial charge in [-0.3, -0.25) is 19.1 Å². The molecular weight excluding hydrogens is 365 g/mol. The van der Waals surface area contributed by atoms with E-state index in [9.17, 15) is 14.8 Å². The molecule has 0 aliphatic heterocycles. The van der Waals surface area contributed by atoms with Crippen molar-refractivity contribution in [2.75, 3.05) is 0 Å². The number of hydrogen-bond acceptors (Lipinski definition) is 3. The predicted molar refractivity (Wildman–Crippen MR) is 96.0 cm³/mol. The van der Waals surface area contributed by atoms with Gasteiger partial charge in [-0.05, 0) is 35.9 Å². The smallest absolute Gasteiger partial charge is 0.295 e. The number of hydrogen-bond donors (Lipinski definition) is 1. The third-order valence-corrected chi connectivity index (χ3v) is 4.32.